The smallest absolute Gasteiger partial charge is 0.254 e. The van der Waals surface area contributed by atoms with Gasteiger partial charge in [-0.05, 0) is 36.7 Å². The lowest BCUT2D eigenvalue weighted by atomic mass is 9.82. The number of rotatable bonds is 3. The van der Waals surface area contributed by atoms with Gasteiger partial charge in [-0.1, -0.05) is 20.8 Å². The van der Waals surface area contributed by atoms with E-state index in [0.717, 1.165) is 18.4 Å². The van der Waals surface area contributed by atoms with Gasteiger partial charge in [0.15, 0.2) is 0 Å². The molecule has 0 bridgehead atoms. The van der Waals surface area contributed by atoms with E-state index < -0.39 is 0 Å². The van der Waals surface area contributed by atoms with Crippen molar-refractivity contribution in [2.75, 3.05) is 12.3 Å². The van der Waals surface area contributed by atoms with Gasteiger partial charge in [0.1, 0.15) is 0 Å². The van der Waals surface area contributed by atoms with Gasteiger partial charge in [-0.15, -0.1) is 11.3 Å². The summed E-state index contributed by atoms with van der Waals surface area (Å²) in [5, 5.41) is 3.63. The topological polar surface area (TPSA) is 55.1 Å². The molecule has 0 saturated carbocycles. The maximum atomic E-state index is 12.2. The predicted molar refractivity (Wildman–Crippen MR) is 77.3 cm³/mol. The van der Waals surface area contributed by atoms with E-state index in [0.29, 0.717) is 23.4 Å². The van der Waals surface area contributed by atoms with Crippen LogP contribution in [-0.2, 0) is 6.42 Å². The van der Waals surface area contributed by atoms with Gasteiger partial charge in [0, 0.05) is 11.4 Å². The summed E-state index contributed by atoms with van der Waals surface area (Å²) in [6.07, 6.45) is 3.13. The molecule has 0 aromatic carbocycles. The molecule has 4 heteroatoms. The van der Waals surface area contributed by atoms with Gasteiger partial charge in [0.2, 0.25) is 0 Å². The number of hydrogen-bond acceptors (Lipinski definition) is 3. The summed E-state index contributed by atoms with van der Waals surface area (Å²) in [6.45, 7) is 7.25. The van der Waals surface area contributed by atoms with Crippen molar-refractivity contribution in [1.82, 2.24) is 5.32 Å². The highest BCUT2D eigenvalue weighted by Crippen LogP contribution is 2.43. The van der Waals surface area contributed by atoms with Crippen LogP contribution in [0.2, 0.25) is 0 Å². The number of nitrogens with one attached hydrogen (secondary N) is 1. The van der Waals surface area contributed by atoms with Crippen LogP contribution in [0, 0.1) is 5.92 Å². The summed E-state index contributed by atoms with van der Waals surface area (Å²) in [4.78, 5) is 13.5. The molecular weight excluding hydrogens is 244 g/mol. The molecule has 1 aromatic heterocycles. The predicted octanol–water partition coefficient (Wildman–Crippen LogP) is 3.16. The zero-order valence-corrected chi connectivity index (χ0v) is 12.2. The van der Waals surface area contributed by atoms with Crippen molar-refractivity contribution in [3.8, 4) is 0 Å². The number of carbonyl (C=O) groups excluding carboxylic acids is 1. The van der Waals surface area contributed by atoms with Crippen LogP contribution < -0.4 is 11.1 Å². The fourth-order valence-electron chi connectivity index (χ4n) is 2.82. The number of anilines is 1. The lowest BCUT2D eigenvalue weighted by Gasteiger charge is -2.24. The molecule has 1 heterocycles. The second-order valence-electron chi connectivity index (χ2n) is 5.39. The third-order valence-electron chi connectivity index (χ3n) is 3.58. The minimum Gasteiger partial charge on any atom is -0.390 e. The molecule has 0 radical (unpaired) electrons. The Hall–Kier alpha value is -1.03. The van der Waals surface area contributed by atoms with Gasteiger partial charge < -0.3 is 11.1 Å². The van der Waals surface area contributed by atoms with Crippen LogP contribution in [0.3, 0.4) is 0 Å². The lowest BCUT2D eigenvalue weighted by molar-refractivity contribution is 0.0953. The van der Waals surface area contributed by atoms with Gasteiger partial charge >= 0.3 is 0 Å². The Morgan fingerprint density at radius 1 is 1.50 bits per heavy atom. The van der Waals surface area contributed by atoms with Crippen LogP contribution >= 0.6 is 11.3 Å². The first-order chi connectivity index (χ1) is 8.54. The Balaban J connectivity index is 2.34. The van der Waals surface area contributed by atoms with Gasteiger partial charge in [0.25, 0.3) is 5.91 Å². The van der Waals surface area contributed by atoms with Gasteiger partial charge in [0.05, 0.1) is 10.6 Å². The van der Waals surface area contributed by atoms with Gasteiger partial charge in [-0.25, -0.2) is 0 Å². The highest BCUT2D eigenvalue weighted by Gasteiger charge is 2.30. The first kappa shape index (κ1) is 13.4. The third-order valence-corrected chi connectivity index (χ3v) is 4.88. The van der Waals surface area contributed by atoms with E-state index in [9.17, 15) is 4.79 Å². The minimum absolute atomic E-state index is 0.00755. The Morgan fingerprint density at radius 2 is 2.22 bits per heavy atom. The molecule has 2 unspecified atom stereocenters. The Morgan fingerprint density at radius 3 is 2.89 bits per heavy atom. The second-order valence-corrected chi connectivity index (χ2v) is 6.47. The Kier molecular flexibility index (Phi) is 3.95. The number of hydrogen-bond donors (Lipinski definition) is 2. The van der Waals surface area contributed by atoms with Crippen molar-refractivity contribution in [3.05, 3.63) is 16.0 Å². The zero-order chi connectivity index (χ0) is 13.3. The van der Waals surface area contributed by atoms with Gasteiger partial charge in [-0.3, -0.25) is 4.79 Å². The largest absolute Gasteiger partial charge is 0.390 e. The Bertz CT molecular complexity index is 453. The van der Waals surface area contributed by atoms with E-state index in [1.165, 1.54) is 16.9 Å². The van der Waals surface area contributed by atoms with Crippen LogP contribution in [0.1, 0.15) is 60.3 Å². The molecule has 1 aliphatic rings. The molecule has 2 rings (SSSR count). The molecule has 3 N–H and O–H groups in total. The zero-order valence-electron chi connectivity index (χ0n) is 11.4. The van der Waals surface area contributed by atoms with E-state index in [-0.39, 0.29) is 5.91 Å². The SMILES string of the molecule is CCCNC(=O)c1c(N)sc2c1CC(C)CC2C. The molecule has 2 atom stereocenters. The third kappa shape index (κ3) is 2.39. The fraction of sp³-hybridized carbons (Fsp3) is 0.643. The molecule has 0 spiro atoms. The van der Waals surface area contributed by atoms with Crippen LogP contribution in [-0.4, -0.2) is 12.5 Å². The number of thiophene rings is 1. The molecule has 1 aromatic rings. The lowest BCUT2D eigenvalue weighted by Crippen LogP contribution is -2.26. The molecule has 0 saturated heterocycles. The molecule has 1 amide bonds. The highest BCUT2D eigenvalue weighted by molar-refractivity contribution is 7.16. The molecule has 100 valence electrons. The monoisotopic (exact) mass is 266 g/mol. The molecule has 1 aliphatic carbocycles. The number of fused-ring (bicyclic) bond motifs is 1. The average molecular weight is 266 g/mol. The molecule has 3 nitrogen and oxygen atoms in total. The van der Waals surface area contributed by atoms with Crippen molar-refractivity contribution in [2.45, 2.75) is 46.0 Å². The number of carbonyl (C=O) groups is 1. The molecule has 0 fully saturated rings. The summed E-state index contributed by atoms with van der Waals surface area (Å²) in [5.74, 6) is 1.18. The average Bonchev–Trinajstić information content (AvgIpc) is 2.63. The van der Waals surface area contributed by atoms with Crippen molar-refractivity contribution in [3.63, 3.8) is 0 Å². The van der Waals surface area contributed by atoms with E-state index >= 15 is 0 Å². The number of nitrogens with two attached hydrogens (primary N) is 1. The standard InChI is InChI=1S/C14H22N2OS/c1-4-5-16-14(17)11-10-7-8(2)6-9(3)12(10)18-13(11)15/h8-9H,4-7,15H2,1-3H3,(H,16,17). The summed E-state index contributed by atoms with van der Waals surface area (Å²) in [6, 6.07) is 0. The first-order valence-corrected chi connectivity index (χ1v) is 7.55. The van der Waals surface area contributed by atoms with E-state index in [1.807, 2.05) is 0 Å². The molecular formula is C14H22N2OS. The number of nitrogen functional groups attached to an aromatic ring is 1. The summed E-state index contributed by atoms with van der Waals surface area (Å²) in [7, 11) is 0. The second kappa shape index (κ2) is 5.31. The highest BCUT2D eigenvalue weighted by atomic mass is 32.1. The van der Waals surface area contributed by atoms with Crippen molar-refractivity contribution < 1.29 is 4.79 Å². The summed E-state index contributed by atoms with van der Waals surface area (Å²) in [5.41, 5.74) is 8.02. The number of amides is 1. The van der Waals surface area contributed by atoms with Crippen LogP contribution in [0.15, 0.2) is 0 Å². The first-order valence-electron chi connectivity index (χ1n) is 6.73. The quantitative estimate of drug-likeness (QED) is 0.883. The fourth-order valence-corrected chi connectivity index (χ4v) is 3.98. The molecule has 18 heavy (non-hydrogen) atoms. The Labute approximate surface area is 113 Å². The van der Waals surface area contributed by atoms with Crippen molar-refractivity contribution >= 4 is 22.2 Å². The van der Waals surface area contributed by atoms with Crippen LogP contribution in [0.4, 0.5) is 5.00 Å². The summed E-state index contributed by atoms with van der Waals surface area (Å²) >= 11 is 1.61. The maximum absolute atomic E-state index is 12.2. The van der Waals surface area contributed by atoms with Crippen LogP contribution in [0.5, 0.6) is 0 Å². The molecule has 0 aliphatic heterocycles. The minimum atomic E-state index is 0.00755. The van der Waals surface area contributed by atoms with Crippen molar-refractivity contribution in [2.24, 2.45) is 5.92 Å². The van der Waals surface area contributed by atoms with Crippen LogP contribution in [0.25, 0.3) is 0 Å². The normalized spacial score (nSPS) is 22.6. The maximum Gasteiger partial charge on any atom is 0.254 e. The van der Waals surface area contributed by atoms with Crippen molar-refractivity contribution in [1.29, 1.82) is 0 Å². The van der Waals surface area contributed by atoms with E-state index in [1.54, 1.807) is 11.3 Å². The van der Waals surface area contributed by atoms with E-state index in [4.69, 9.17) is 5.73 Å². The summed E-state index contributed by atoms with van der Waals surface area (Å²) < 4.78 is 0. The van der Waals surface area contributed by atoms with E-state index in [2.05, 4.69) is 26.1 Å². The van der Waals surface area contributed by atoms with Gasteiger partial charge in [-0.2, -0.15) is 0 Å².